The maximum absolute atomic E-state index is 5.77. The molecule has 0 aliphatic heterocycles. The Hall–Kier alpha value is -1.85. The van der Waals surface area contributed by atoms with Crippen LogP contribution < -0.4 is 11.1 Å². The van der Waals surface area contributed by atoms with E-state index < -0.39 is 0 Å². The van der Waals surface area contributed by atoms with Crippen molar-refractivity contribution in [1.29, 1.82) is 0 Å². The Morgan fingerprint density at radius 2 is 2.27 bits per heavy atom. The van der Waals surface area contributed by atoms with E-state index in [-0.39, 0.29) is 0 Å². The molecule has 1 fully saturated rings. The van der Waals surface area contributed by atoms with Crippen molar-refractivity contribution in [2.24, 2.45) is 0 Å². The molecule has 2 aromatic rings. The molecule has 2 aromatic heterocycles. The molecule has 3 rings (SSSR count). The molecule has 15 heavy (non-hydrogen) atoms. The zero-order valence-electron chi connectivity index (χ0n) is 8.20. The molecule has 0 unspecified atom stereocenters. The molecule has 0 amide bonds. The number of anilines is 2. The number of nitrogens with zero attached hydrogens (tertiary/aromatic N) is 3. The van der Waals surface area contributed by atoms with Gasteiger partial charge in [-0.2, -0.15) is 9.97 Å². The highest BCUT2D eigenvalue weighted by Gasteiger charge is 2.18. The van der Waals surface area contributed by atoms with Crippen LogP contribution in [-0.2, 0) is 0 Å². The Balaban J connectivity index is 1.96. The van der Waals surface area contributed by atoms with E-state index in [0.717, 1.165) is 0 Å². The van der Waals surface area contributed by atoms with Crippen LogP contribution >= 0.6 is 0 Å². The Kier molecular flexibility index (Phi) is 1.74. The predicted molar refractivity (Wildman–Crippen MR) is 57.4 cm³/mol. The van der Waals surface area contributed by atoms with E-state index in [1.807, 2.05) is 0 Å². The van der Waals surface area contributed by atoms with Crippen molar-refractivity contribution in [3.05, 3.63) is 6.33 Å². The molecule has 1 aliphatic rings. The summed E-state index contributed by atoms with van der Waals surface area (Å²) in [5.74, 6) is 1.02. The van der Waals surface area contributed by atoms with Gasteiger partial charge in [0.25, 0.3) is 0 Å². The summed E-state index contributed by atoms with van der Waals surface area (Å²) in [6.07, 6.45) is 5.21. The van der Waals surface area contributed by atoms with Crippen molar-refractivity contribution in [1.82, 2.24) is 19.9 Å². The third-order valence-corrected chi connectivity index (χ3v) is 2.75. The minimum Gasteiger partial charge on any atom is -0.382 e. The third-order valence-electron chi connectivity index (χ3n) is 2.75. The Morgan fingerprint density at radius 3 is 3.00 bits per heavy atom. The van der Waals surface area contributed by atoms with Crippen LogP contribution in [0.25, 0.3) is 11.2 Å². The summed E-state index contributed by atoms with van der Waals surface area (Å²) in [7, 11) is 0. The lowest BCUT2D eigenvalue weighted by Gasteiger charge is -2.26. The van der Waals surface area contributed by atoms with Crippen LogP contribution in [0.5, 0.6) is 0 Å². The molecule has 0 atom stereocenters. The quantitative estimate of drug-likeness (QED) is 0.675. The zero-order chi connectivity index (χ0) is 10.3. The van der Waals surface area contributed by atoms with Gasteiger partial charge in [0, 0.05) is 6.04 Å². The van der Waals surface area contributed by atoms with Gasteiger partial charge in [-0.1, -0.05) is 0 Å². The fourth-order valence-corrected chi connectivity index (χ4v) is 1.66. The third kappa shape index (κ3) is 1.38. The van der Waals surface area contributed by atoms with Gasteiger partial charge in [-0.05, 0) is 19.3 Å². The molecule has 0 aromatic carbocycles. The topological polar surface area (TPSA) is 92.5 Å². The summed E-state index contributed by atoms with van der Waals surface area (Å²) in [6.45, 7) is 0. The fraction of sp³-hybridized carbons (Fsp3) is 0.444. The van der Waals surface area contributed by atoms with Gasteiger partial charge in [0.2, 0.25) is 5.95 Å². The molecular formula is C9H12N6. The van der Waals surface area contributed by atoms with E-state index in [4.69, 9.17) is 5.73 Å². The summed E-state index contributed by atoms with van der Waals surface area (Å²) < 4.78 is 0. The highest BCUT2D eigenvalue weighted by Crippen LogP contribution is 2.23. The summed E-state index contributed by atoms with van der Waals surface area (Å²) >= 11 is 0. The lowest BCUT2D eigenvalue weighted by Crippen LogP contribution is -2.28. The van der Waals surface area contributed by atoms with Crippen molar-refractivity contribution >= 4 is 22.9 Å². The van der Waals surface area contributed by atoms with Crippen LogP contribution in [0.1, 0.15) is 19.3 Å². The SMILES string of the molecule is Nc1nc(NC2CCC2)nc2nc[nH]c12. The van der Waals surface area contributed by atoms with Crippen LogP contribution in [0.15, 0.2) is 6.33 Å². The van der Waals surface area contributed by atoms with Crippen LogP contribution in [-0.4, -0.2) is 26.0 Å². The van der Waals surface area contributed by atoms with Crippen molar-refractivity contribution in [3.63, 3.8) is 0 Å². The van der Waals surface area contributed by atoms with E-state index in [9.17, 15) is 0 Å². The lowest BCUT2D eigenvalue weighted by molar-refractivity contribution is 0.443. The van der Waals surface area contributed by atoms with Crippen LogP contribution in [0.3, 0.4) is 0 Å². The number of imidazole rings is 1. The first-order chi connectivity index (χ1) is 7.33. The van der Waals surface area contributed by atoms with Gasteiger partial charge in [0.1, 0.15) is 5.52 Å². The average Bonchev–Trinajstić information content (AvgIpc) is 2.59. The lowest BCUT2D eigenvalue weighted by atomic mass is 9.93. The van der Waals surface area contributed by atoms with E-state index in [1.165, 1.54) is 19.3 Å². The average molecular weight is 204 g/mol. The Labute approximate surface area is 86.3 Å². The fourth-order valence-electron chi connectivity index (χ4n) is 1.66. The molecular weight excluding hydrogens is 192 g/mol. The number of rotatable bonds is 2. The predicted octanol–water partition coefficient (Wildman–Crippen LogP) is 0.899. The molecule has 0 bridgehead atoms. The molecule has 0 spiro atoms. The standard InChI is InChI=1S/C9H12N6/c10-7-6-8(12-4-11-6)15-9(14-7)13-5-2-1-3-5/h4-5H,1-3H2,(H4,10,11,12,13,14,15). The second-order valence-electron chi connectivity index (χ2n) is 3.81. The Morgan fingerprint density at radius 1 is 1.40 bits per heavy atom. The number of H-pyrrole nitrogens is 1. The van der Waals surface area contributed by atoms with E-state index in [0.29, 0.717) is 29.0 Å². The highest BCUT2D eigenvalue weighted by atomic mass is 15.2. The normalized spacial score (nSPS) is 16.5. The number of nitrogen functional groups attached to an aromatic ring is 1. The second kappa shape index (κ2) is 3.08. The molecule has 0 saturated heterocycles. The number of nitrogens with two attached hydrogens (primary N) is 1. The van der Waals surface area contributed by atoms with Gasteiger partial charge in [0.15, 0.2) is 11.5 Å². The molecule has 1 saturated carbocycles. The molecule has 6 nitrogen and oxygen atoms in total. The Bertz CT molecular complexity index is 486. The largest absolute Gasteiger partial charge is 0.382 e. The summed E-state index contributed by atoms with van der Waals surface area (Å²) in [6, 6.07) is 0.501. The van der Waals surface area contributed by atoms with Gasteiger partial charge in [-0.3, -0.25) is 0 Å². The maximum Gasteiger partial charge on any atom is 0.227 e. The number of hydrogen-bond acceptors (Lipinski definition) is 5. The number of aromatic amines is 1. The van der Waals surface area contributed by atoms with Crippen molar-refractivity contribution < 1.29 is 0 Å². The minimum absolute atomic E-state index is 0.444. The molecule has 1 aliphatic carbocycles. The number of aromatic nitrogens is 4. The van der Waals surface area contributed by atoms with Crippen molar-refractivity contribution in [3.8, 4) is 0 Å². The first-order valence-corrected chi connectivity index (χ1v) is 5.06. The second-order valence-corrected chi connectivity index (χ2v) is 3.81. The highest BCUT2D eigenvalue weighted by molar-refractivity contribution is 5.82. The van der Waals surface area contributed by atoms with Gasteiger partial charge in [0.05, 0.1) is 6.33 Å². The van der Waals surface area contributed by atoms with Crippen molar-refractivity contribution in [2.75, 3.05) is 11.1 Å². The van der Waals surface area contributed by atoms with E-state index >= 15 is 0 Å². The van der Waals surface area contributed by atoms with E-state index in [1.54, 1.807) is 6.33 Å². The number of nitrogens with one attached hydrogen (secondary N) is 2. The number of hydrogen-bond donors (Lipinski definition) is 3. The van der Waals surface area contributed by atoms with Crippen LogP contribution in [0.2, 0.25) is 0 Å². The van der Waals surface area contributed by atoms with Gasteiger partial charge in [-0.15, -0.1) is 0 Å². The van der Waals surface area contributed by atoms with Gasteiger partial charge >= 0.3 is 0 Å². The van der Waals surface area contributed by atoms with Gasteiger partial charge < -0.3 is 16.0 Å². The first kappa shape index (κ1) is 8.46. The zero-order valence-corrected chi connectivity index (χ0v) is 8.20. The van der Waals surface area contributed by atoms with Crippen LogP contribution in [0, 0.1) is 0 Å². The minimum atomic E-state index is 0.444. The van der Waals surface area contributed by atoms with Crippen LogP contribution in [0.4, 0.5) is 11.8 Å². The van der Waals surface area contributed by atoms with Gasteiger partial charge in [-0.25, -0.2) is 4.98 Å². The summed E-state index contributed by atoms with van der Waals surface area (Å²) in [5, 5.41) is 3.24. The molecule has 78 valence electrons. The molecule has 4 N–H and O–H groups in total. The molecule has 2 heterocycles. The van der Waals surface area contributed by atoms with E-state index in [2.05, 4.69) is 25.3 Å². The molecule has 0 radical (unpaired) electrons. The summed E-state index contributed by atoms with van der Waals surface area (Å²) in [5.41, 5.74) is 7.09. The molecule has 6 heteroatoms. The monoisotopic (exact) mass is 204 g/mol. The summed E-state index contributed by atoms with van der Waals surface area (Å²) in [4.78, 5) is 15.4. The smallest absolute Gasteiger partial charge is 0.227 e. The first-order valence-electron chi connectivity index (χ1n) is 5.06. The number of fused-ring (bicyclic) bond motifs is 1. The maximum atomic E-state index is 5.77. The van der Waals surface area contributed by atoms with Crippen molar-refractivity contribution in [2.45, 2.75) is 25.3 Å².